The Morgan fingerprint density at radius 3 is 2.12 bits per heavy atom. The molecule has 0 unspecified atom stereocenters. The molecule has 1 fully saturated rings. The van der Waals surface area contributed by atoms with E-state index in [4.69, 9.17) is 0 Å². The fraction of sp³-hybridized carbons (Fsp3) is 0.524. The van der Waals surface area contributed by atoms with Crippen LogP contribution in [0.4, 0.5) is 5.69 Å². The third-order valence-electron chi connectivity index (χ3n) is 4.61. The number of hydrogen-bond acceptors (Lipinski definition) is 2. The third-order valence-corrected chi connectivity index (χ3v) is 4.61. The molecule has 1 aromatic rings. The zero-order chi connectivity index (χ0) is 19.0. The number of amides is 2. The van der Waals surface area contributed by atoms with Gasteiger partial charge in [-0.1, -0.05) is 25.5 Å². The van der Waals surface area contributed by atoms with Gasteiger partial charge in [0.1, 0.15) is 0 Å². The molecule has 2 rings (SSSR count). The predicted molar refractivity (Wildman–Crippen MR) is 102 cm³/mol. The smallest absolute Gasteiger partial charge is 0.251 e. The molecule has 0 heterocycles. The van der Waals surface area contributed by atoms with Crippen LogP contribution in [0.25, 0.3) is 0 Å². The maximum absolute atomic E-state index is 12.6. The topological polar surface area (TPSA) is 58.2 Å². The van der Waals surface area contributed by atoms with Gasteiger partial charge in [0.25, 0.3) is 5.91 Å². The molecule has 0 spiro atoms. The Morgan fingerprint density at radius 1 is 1.08 bits per heavy atom. The second-order valence-electron chi connectivity index (χ2n) is 8.84. The predicted octanol–water partition coefficient (Wildman–Crippen LogP) is 4.39. The molecule has 2 amide bonds. The Hall–Kier alpha value is -2.10. The Labute approximate surface area is 151 Å². The minimum absolute atomic E-state index is 0.00606. The average Bonchev–Trinajstić information content (AvgIpc) is 2.97. The summed E-state index contributed by atoms with van der Waals surface area (Å²) < 4.78 is 0. The van der Waals surface area contributed by atoms with Crippen LogP contribution in [0.1, 0.15) is 58.8 Å². The number of allylic oxidation sites excluding steroid dienone is 2. The molecule has 1 aliphatic carbocycles. The first kappa shape index (κ1) is 19.2. The van der Waals surface area contributed by atoms with Crippen LogP contribution in [-0.4, -0.2) is 17.4 Å². The number of benzene rings is 1. The fourth-order valence-corrected chi connectivity index (χ4v) is 3.19. The summed E-state index contributed by atoms with van der Waals surface area (Å²) >= 11 is 0. The van der Waals surface area contributed by atoms with Gasteiger partial charge in [-0.15, -0.1) is 0 Å². The van der Waals surface area contributed by atoms with Gasteiger partial charge in [0, 0.05) is 16.8 Å². The highest BCUT2D eigenvalue weighted by molar-refractivity contribution is 5.97. The van der Waals surface area contributed by atoms with Crippen LogP contribution in [0.3, 0.4) is 0 Å². The number of carbonyl (C=O) groups excluding carboxylic acids is 2. The molecule has 0 saturated heterocycles. The van der Waals surface area contributed by atoms with Crippen molar-refractivity contribution in [3.8, 4) is 0 Å². The molecule has 1 aromatic carbocycles. The molecule has 4 nitrogen and oxygen atoms in total. The Morgan fingerprint density at radius 2 is 1.64 bits per heavy atom. The van der Waals surface area contributed by atoms with E-state index in [0.717, 1.165) is 5.69 Å². The van der Waals surface area contributed by atoms with Gasteiger partial charge in [-0.3, -0.25) is 9.59 Å². The Bertz CT molecular complexity index is 690. The van der Waals surface area contributed by atoms with Crippen molar-refractivity contribution in [2.75, 3.05) is 5.32 Å². The standard InChI is InChI=1S/C21H30N2O2/c1-13(2)12-16-17(21(16,6)7)19(25)22-15-10-8-14(9-11-15)18(24)23-20(3,4)5/h8-12,16-17H,1-7H3,(H,22,25)(H,23,24)/t16-,17+/m0/s1. The Balaban J connectivity index is 2.01. The van der Waals surface area contributed by atoms with Gasteiger partial charge in [-0.25, -0.2) is 0 Å². The van der Waals surface area contributed by atoms with Gasteiger partial charge < -0.3 is 10.6 Å². The van der Waals surface area contributed by atoms with Gasteiger partial charge in [0.05, 0.1) is 5.92 Å². The van der Waals surface area contributed by atoms with Crippen molar-refractivity contribution in [2.45, 2.75) is 54.0 Å². The van der Waals surface area contributed by atoms with Gasteiger partial charge >= 0.3 is 0 Å². The fourth-order valence-electron chi connectivity index (χ4n) is 3.19. The van der Waals surface area contributed by atoms with Crippen molar-refractivity contribution < 1.29 is 9.59 Å². The van der Waals surface area contributed by atoms with Crippen LogP contribution in [0.2, 0.25) is 0 Å². The van der Waals surface area contributed by atoms with E-state index in [2.05, 4.69) is 44.4 Å². The summed E-state index contributed by atoms with van der Waals surface area (Å²) in [7, 11) is 0. The van der Waals surface area contributed by atoms with E-state index >= 15 is 0 Å². The van der Waals surface area contributed by atoms with Gasteiger partial charge in [-0.2, -0.15) is 0 Å². The summed E-state index contributed by atoms with van der Waals surface area (Å²) in [5, 5.41) is 5.90. The number of hydrogen-bond donors (Lipinski definition) is 2. The van der Waals surface area contributed by atoms with E-state index in [1.54, 1.807) is 24.3 Å². The largest absolute Gasteiger partial charge is 0.347 e. The normalized spacial score (nSPS) is 21.2. The quantitative estimate of drug-likeness (QED) is 0.797. The molecule has 0 aromatic heterocycles. The SMILES string of the molecule is CC(C)=C[C@H]1[C@H](C(=O)Nc2ccc(C(=O)NC(C)(C)C)cc2)C1(C)C. The summed E-state index contributed by atoms with van der Waals surface area (Å²) in [6.07, 6.45) is 2.18. The van der Waals surface area contributed by atoms with Crippen molar-refractivity contribution >= 4 is 17.5 Å². The van der Waals surface area contributed by atoms with Crippen molar-refractivity contribution in [2.24, 2.45) is 17.3 Å². The van der Waals surface area contributed by atoms with Crippen LogP contribution in [0.15, 0.2) is 35.9 Å². The van der Waals surface area contributed by atoms with Crippen LogP contribution in [-0.2, 0) is 4.79 Å². The molecule has 2 N–H and O–H groups in total. The molecular formula is C21H30N2O2. The first-order valence-corrected chi connectivity index (χ1v) is 8.80. The average molecular weight is 342 g/mol. The first-order chi connectivity index (χ1) is 11.4. The van der Waals surface area contributed by atoms with Crippen LogP contribution in [0.5, 0.6) is 0 Å². The van der Waals surface area contributed by atoms with Crippen molar-refractivity contribution in [3.63, 3.8) is 0 Å². The third kappa shape index (κ3) is 4.71. The summed E-state index contributed by atoms with van der Waals surface area (Å²) in [4.78, 5) is 24.7. The molecule has 2 atom stereocenters. The maximum atomic E-state index is 12.6. The molecule has 0 bridgehead atoms. The highest BCUT2D eigenvalue weighted by Crippen LogP contribution is 2.59. The number of carbonyl (C=O) groups is 2. The number of nitrogens with one attached hydrogen (secondary N) is 2. The minimum Gasteiger partial charge on any atom is -0.347 e. The summed E-state index contributed by atoms with van der Waals surface area (Å²) in [5.41, 5.74) is 2.26. The van der Waals surface area contributed by atoms with Gasteiger partial charge in [0.15, 0.2) is 0 Å². The summed E-state index contributed by atoms with van der Waals surface area (Å²) in [6, 6.07) is 7.03. The van der Waals surface area contributed by atoms with Crippen LogP contribution >= 0.6 is 0 Å². The molecule has 4 heteroatoms. The molecule has 25 heavy (non-hydrogen) atoms. The lowest BCUT2D eigenvalue weighted by atomic mass is 10.1. The van der Waals surface area contributed by atoms with E-state index in [9.17, 15) is 9.59 Å². The van der Waals surface area contributed by atoms with Gasteiger partial charge in [0.2, 0.25) is 5.91 Å². The highest BCUT2D eigenvalue weighted by Gasteiger charge is 2.60. The van der Waals surface area contributed by atoms with E-state index in [0.29, 0.717) is 5.56 Å². The van der Waals surface area contributed by atoms with E-state index < -0.39 is 0 Å². The second kappa shape index (κ2) is 6.66. The lowest BCUT2D eigenvalue weighted by Crippen LogP contribution is -2.40. The Kier molecular flexibility index (Phi) is 5.12. The van der Waals surface area contributed by atoms with E-state index in [-0.39, 0.29) is 34.6 Å². The highest BCUT2D eigenvalue weighted by atomic mass is 16.2. The summed E-state index contributed by atoms with van der Waals surface area (Å²) in [5.74, 6) is 0.206. The molecule has 1 aliphatic rings. The molecule has 0 aliphatic heterocycles. The van der Waals surface area contributed by atoms with Crippen molar-refractivity contribution in [1.29, 1.82) is 0 Å². The van der Waals surface area contributed by atoms with Crippen LogP contribution < -0.4 is 10.6 Å². The van der Waals surface area contributed by atoms with E-state index in [1.807, 2.05) is 20.8 Å². The minimum atomic E-state index is -0.276. The molecular weight excluding hydrogens is 312 g/mol. The second-order valence-corrected chi connectivity index (χ2v) is 8.84. The van der Waals surface area contributed by atoms with Crippen molar-refractivity contribution in [1.82, 2.24) is 5.32 Å². The molecule has 1 saturated carbocycles. The number of anilines is 1. The monoisotopic (exact) mass is 342 g/mol. The van der Waals surface area contributed by atoms with E-state index in [1.165, 1.54) is 5.57 Å². The molecule has 0 radical (unpaired) electrons. The van der Waals surface area contributed by atoms with Crippen molar-refractivity contribution in [3.05, 3.63) is 41.5 Å². The summed E-state index contributed by atoms with van der Waals surface area (Å²) in [6.45, 7) is 14.2. The molecule has 136 valence electrons. The number of rotatable bonds is 4. The lowest BCUT2D eigenvalue weighted by molar-refractivity contribution is -0.118. The van der Waals surface area contributed by atoms with Gasteiger partial charge in [-0.05, 0) is 70.2 Å². The zero-order valence-corrected chi connectivity index (χ0v) is 16.4. The lowest BCUT2D eigenvalue weighted by Gasteiger charge is -2.20. The first-order valence-electron chi connectivity index (χ1n) is 8.80. The zero-order valence-electron chi connectivity index (χ0n) is 16.4. The maximum Gasteiger partial charge on any atom is 0.251 e. The van der Waals surface area contributed by atoms with Crippen LogP contribution in [0, 0.1) is 17.3 Å².